The summed E-state index contributed by atoms with van der Waals surface area (Å²) < 4.78 is 4.63. The van der Waals surface area contributed by atoms with Gasteiger partial charge < -0.3 is 10.1 Å². The van der Waals surface area contributed by atoms with Crippen LogP contribution in [-0.2, 0) is 4.74 Å². The van der Waals surface area contributed by atoms with Gasteiger partial charge in [-0.25, -0.2) is 14.8 Å². The van der Waals surface area contributed by atoms with Crippen LogP contribution in [0.3, 0.4) is 0 Å². The van der Waals surface area contributed by atoms with E-state index in [-0.39, 0.29) is 5.82 Å². The largest absolute Gasteiger partial charge is 0.463 e. The van der Waals surface area contributed by atoms with Crippen molar-refractivity contribution in [3.63, 3.8) is 0 Å². The second-order valence-corrected chi connectivity index (χ2v) is 5.95. The van der Waals surface area contributed by atoms with Crippen molar-refractivity contribution in [3.8, 4) is 0 Å². The average Bonchev–Trinajstić information content (AvgIpc) is 2.86. The number of nitrogens with zero attached hydrogens (tertiary/aromatic N) is 2. The fraction of sp³-hybridized carbons (Fsp3) is 0.615. The van der Waals surface area contributed by atoms with E-state index in [1.165, 1.54) is 20.0 Å². The van der Waals surface area contributed by atoms with Crippen molar-refractivity contribution in [2.24, 2.45) is 0 Å². The first-order valence-electron chi connectivity index (χ1n) is 6.54. The monoisotopic (exact) mass is 281 g/mol. The first-order valence-corrected chi connectivity index (χ1v) is 7.59. The van der Waals surface area contributed by atoms with Gasteiger partial charge in [0.05, 0.1) is 7.11 Å². The zero-order chi connectivity index (χ0) is 13.7. The summed E-state index contributed by atoms with van der Waals surface area (Å²) in [6.07, 6.45) is 5.21. The number of carbonyl (C=O) groups excluding carboxylic acids is 1. The quantitative estimate of drug-likeness (QED) is 0.836. The summed E-state index contributed by atoms with van der Waals surface area (Å²) in [6, 6.07) is 2.21. The molecule has 1 fully saturated rings. The highest BCUT2D eigenvalue weighted by Crippen LogP contribution is 2.31. The van der Waals surface area contributed by atoms with E-state index >= 15 is 0 Å². The van der Waals surface area contributed by atoms with Crippen molar-refractivity contribution >= 4 is 23.5 Å². The van der Waals surface area contributed by atoms with Crippen LogP contribution in [0.15, 0.2) is 12.3 Å². The van der Waals surface area contributed by atoms with E-state index in [0.717, 1.165) is 12.2 Å². The molecule has 0 aromatic carbocycles. The predicted molar refractivity (Wildman–Crippen MR) is 76.6 cm³/mol. The van der Waals surface area contributed by atoms with E-state index in [1.54, 1.807) is 12.3 Å². The van der Waals surface area contributed by atoms with E-state index in [4.69, 9.17) is 0 Å². The highest BCUT2D eigenvalue weighted by Gasteiger charge is 2.27. The minimum absolute atomic E-state index is 0.102. The summed E-state index contributed by atoms with van der Waals surface area (Å²) in [7, 11) is 1.33. The normalized spacial score (nSPS) is 22.2. The molecule has 104 valence electrons. The molecule has 0 spiro atoms. The zero-order valence-electron chi connectivity index (χ0n) is 11.3. The van der Waals surface area contributed by atoms with Crippen LogP contribution in [0.25, 0.3) is 0 Å². The van der Waals surface area contributed by atoms with Gasteiger partial charge in [-0.05, 0) is 24.7 Å². The number of anilines is 1. The molecule has 2 atom stereocenters. The lowest BCUT2D eigenvalue weighted by Crippen LogP contribution is -2.27. The van der Waals surface area contributed by atoms with Gasteiger partial charge in [0.2, 0.25) is 5.82 Å². The number of thioether (sulfide) groups is 1. The van der Waals surface area contributed by atoms with Crippen molar-refractivity contribution in [1.29, 1.82) is 0 Å². The van der Waals surface area contributed by atoms with Crippen molar-refractivity contribution in [2.45, 2.75) is 37.5 Å². The van der Waals surface area contributed by atoms with E-state index < -0.39 is 5.97 Å². The van der Waals surface area contributed by atoms with Crippen LogP contribution in [-0.4, -0.2) is 40.1 Å². The third kappa shape index (κ3) is 3.59. The van der Waals surface area contributed by atoms with Gasteiger partial charge in [0.1, 0.15) is 5.82 Å². The van der Waals surface area contributed by atoms with Crippen LogP contribution in [0.5, 0.6) is 0 Å². The number of methoxy groups -OCH3 is 1. The molecule has 0 radical (unpaired) electrons. The van der Waals surface area contributed by atoms with Gasteiger partial charge in [0, 0.05) is 17.5 Å². The van der Waals surface area contributed by atoms with Crippen LogP contribution < -0.4 is 5.32 Å². The summed E-state index contributed by atoms with van der Waals surface area (Å²) in [6.45, 7) is 2.18. The van der Waals surface area contributed by atoms with Gasteiger partial charge in [0.15, 0.2) is 0 Å². The molecule has 1 aromatic heterocycles. The molecule has 2 rings (SSSR count). The van der Waals surface area contributed by atoms with Crippen LogP contribution in [0.2, 0.25) is 0 Å². The predicted octanol–water partition coefficient (Wildman–Crippen LogP) is 2.35. The van der Waals surface area contributed by atoms with Crippen LogP contribution in [0, 0.1) is 0 Å². The number of nitrogens with one attached hydrogen (secondary N) is 1. The molecule has 6 heteroatoms. The topological polar surface area (TPSA) is 64.1 Å². The van der Waals surface area contributed by atoms with E-state index in [2.05, 4.69) is 26.9 Å². The van der Waals surface area contributed by atoms with Crippen molar-refractivity contribution in [3.05, 3.63) is 18.1 Å². The van der Waals surface area contributed by atoms with Crippen molar-refractivity contribution in [2.75, 3.05) is 18.2 Å². The molecular weight excluding hydrogens is 262 g/mol. The Kier molecular flexibility index (Phi) is 5.01. The Balaban J connectivity index is 2.04. The van der Waals surface area contributed by atoms with Gasteiger partial charge in [0.25, 0.3) is 0 Å². The number of hydrogen-bond donors (Lipinski definition) is 1. The number of aromatic nitrogens is 2. The van der Waals surface area contributed by atoms with Gasteiger partial charge in [-0.1, -0.05) is 13.3 Å². The van der Waals surface area contributed by atoms with Crippen molar-refractivity contribution in [1.82, 2.24) is 9.97 Å². The van der Waals surface area contributed by atoms with Crippen LogP contribution in [0.1, 0.15) is 36.8 Å². The molecular formula is C13H19N3O2S. The molecule has 19 heavy (non-hydrogen) atoms. The number of hydrogen-bond acceptors (Lipinski definition) is 6. The second-order valence-electron chi connectivity index (χ2n) is 4.43. The number of esters is 1. The smallest absolute Gasteiger partial charge is 0.376 e. The van der Waals surface area contributed by atoms with Gasteiger partial charge in [-0.3, -0.25) is 0 Å². The summed E-state index contributed by atoms with van der Waals surface area (Å²) >= 11 is 1.98. The lowest BCUT2D eigenvalue weighted by atomic mass is 10.2. The molecule has 1 saturated carbocycles. The minimum atomic E-state index is -0.505. The van der Waals surface area contributed by atoms with Gasteiger partial charge in [-0.15, -0.1) is 0 Å². The second kappa shape index (κ2) is 6.75. The average molecular weight is 281 g/mol. The summed E-state index contributed by atoms with van der Waals surface area (Å²) in [4.78, 5) is 19.5. The van der Waals surface area contributed by atoms with Crippen LogP contribution >= 0.6 is 11.8 Å². The first-order chi connectivity index (χ1) is 9.24. The molecule has 1 aliphatic rings. The fourth-order valence-corrected chi connectivity index (χ4v) is 3.52. The lowest BCUT2D eigenvalue weighted by Gasteiger charge is -2.20. The molecule has 0 amide bonds. The van der Waals surface area contributed by atoms with E-state index in [1.807, 2.05) is 11.8 Å². The van der Waals surface area contributed by atoms with E-state index in [9.17, 15) is 4.79 Å². The molecule has 1 N–H and O–H groups in total. The first kappa shape index (κ1) is 14.1. The van der Waals surface area contributed by atoms with E-state index in [0.29, 0.717) is 17.1 Å². The Labute approximate surface area is 117 Å². The Morgan fingerprint density at radius 3 is 3.16 bits per heavy atom. The molecule has 5 nitrogen and oxygen atoms in total. The highest BCUT2D eigenvalue weighted by molar-refractivity contribution is 7.99. The molecule has 0 bridgehead atoms. The van der Waals surface area contributed by atoms with Gasteiger partial charge >= 0.3 is 5.97 Å². The van der Waals surface area contributed by atoms with Gasteiger partial charge in [-0.2, -0.15) is 11.8 Å². The van der Waals surface area contributed by atoms with Crippen LogP contribution in [0.4, 0.5) is 5.82 Å². The SMILES string of the molecule is CCSC1CCCC1Nc1ccnc(C(=O)OC)n1. The Bertz CT molecular complexity index is 442. The molecule has 0 saturated heterocycles. The Hall–Kier alpha value is -1.30. The number of rotatable bonds is 5. The lowest BCUT2D eigenvalue weighted by molar-refractivity contribution is 0.0587. The summed E-state index contributed by atoms with van der Waals surface area (Å²) in [5.74, 6) is 1.42. The summed E-state index contributed by atoms with van der Waals surface area (Å²) in [5.41, 5.74) is 0. The number of ether oxygens (including phenoxy) is 1. The standard InChI is InChI=1S/C13H19N3O2S/c1-3-19-10-6-4-5-9(10)15-11-7-8-14-12(16-11)13(17)18-2/h7-10H,3-6H2,1-2H3,(H,14,15,16). The maximum Gasteiger partial charge on any atom is 0.376 e. The molecule has 1 aliphatic carbocycles. The number of carbonyl (C=O) groups is 1. The highest BCUT2D eigenvalue weighted by atomic mass is 32.2. The molecule has 1 aromatic rings. The Morgan fingerprint density at radius 1 is 1.58 bits per heavy atom. The molecule has 0 aliphatic heterocycles. The fourth-order valence-electron chi connectivity index (χ4n) is 2.32. The maximum absolute atomic E-state index is 11.4. The van der Waals surface area contributed by atoms with Crippen molar-refractivity contribution < 1.29 is 9.53 Å². The summed E-state index contributed by atoms with van der Waals surface area (Å²) in [5, 5.41) is 4.04. The third-order valence-corrected chi connectivity index (χ3v) is 4.52. The Morgan fingerprint density at radius 2 is 2.42 bits per heavy atom. The molecule has 2 unspecified atom stereocenters. The zero-order valence-corrected chi connectivity index (χ0v) is 12.1. The minimum Gasteiger partial charge on any atom is -0.463 e. The third-order valence-electron chi connectivity index (χ3n) is 3.19. The maximum atomic E-state index is 11.4. The molecule has 1 heterocycles.